The summed E-state index contributed by atoms with van der Waals surface area (Å²) in [5.41, 5.74) is 0. The van der Waals surface area contributed by atoms with Gasteiger partial charge in [-0.3, -0.25) is 4.79 Å². The predicted octanol–water partition coefficient (Wildman–Crippen LogP) is 1.23. The van der Waals surface area contributed by atoms with Gasteiger partial charge in [0.15, 0.2) is 0 Å². The molecular weight excluding hydrogens is 394 g/mol. The van der Waals surface area contributed by atoms with Crippen LogP contribution in [0.5, 0.6) is 0 Å². The van der Waals surface area contributed by atoms with Crippen LogP contribution in [0.3, 0.4) is 0 Å². The van der Waals surface area contributed by atoms with Crippen molar-refractivity contribution in [3.05, 3.63) is 28.7 Å². The number of nitrogens with zero attached hydrogens (tertiary/aromatic N) is 3. The summed E-state index contributed by atoms with van der Waals surface area (Å²) in [4.78, 5) is 17.0. The van der Waals surface area contributed by atoms with Crippen molar-refractivity contribution >= 4 is 31.9 Å². The molecule has 0 aliphatic carbocycles. The zero-order valence-corrected chi connectivity index (χ0v) is 16.1. The standard InChI is InChI=1S/C16H22BrN3O3S/c1-18-8-10-19(11-9-18)16(21)13-6-7-20(12-13)24(22,23)15-5-3-2-4-14(15)17/h2-5,13H,6-12H2,1H3. The summed E-state index contributed by atoms with van der Waals surface area (Å²) in [7, 11) is -1.52. The van der Waals surface area contributed by atoms with E-state index in [1.165, 1.54) is 4.31 Å². The molecule has 8 heteroatoms. The lowest BCUT2D eigenvalue weighted by Crippen LogP contribution is -2.49. The molecule has 0 spiro atoms. The molecule has 2 heterocycles. The maximum Gasteiger partial charge on any atom is 0.244 e. The minimum absolute atomic E-state index is 0.0907. The Bertz CT molecular complexity index is 717. The molecule has 0 radical (unpaired) electrons. The summed E-state index contributed by atoms with van der Waals surface area (Å²) in [6.45, 7) is 3.86. The molecule has 2 fully saturated rings. The number of likely N-dealkylation sites (N-methyl/N-ethyl adjacent to an activating group) is 1. The van der Waals surface area contributed by atoms with Gasteiger partial charge in [-0.2, -0.15) is 4.31 Å². The Kier molecular flexibility index (Phi) is 5.29. The number of carbonyl (C=O) groups excluding carboxylic acids is 1. The van der Waals surface area contributed by atoms with E-state index in [0.717, 1.165) is 26.2 Å². The molecule has 0 N–H and O–H groups in total. The number of amides is 1. The third-order valence-electron chi connectivity index (χ3n) is 4.77. The lowest BCUT2D eigenvalue weighted by molar-refractivity contribution is -0.136. The number of sulfonamides is 1. The van der Waals surface area contributed by atoms with Gasteiger partial charge in [-0.05, 0) is 41.5 Å². The van der Waals surface area contributed by atoms with Gasteiger partial charge in [0.25, 0.3) is 0 Å². The fourth-order valence-corrected chi connectivity index (χ4v) is 5.69. The van der Waals surface area contributed by atoms with E-state index < -0.39 is 10.0 Å². The average Bonchev–Trinajstić information content (AvgIpc) is 3.06. The van der Waals surface area contributed by atoms with Crippen molar-refractivity contribution in [2.45, 2.75) is 11.3 Å². The van der Waals surface area contributed by atoms with Gasteiger partial charge >= 0.3 is 0 Å². The molecule has 1 unspecified atom stereocenters. The van der Waals surface area contributed by atoms with Gasteiger partial charge in [0.2, 0.25) is 15.9 Å². The van der Waals surface area contributed by atoms with Crippen molar-refractivity contribution in [2.75, 3.05) is 46.3 Å². The largest absolute Gasteiger partial charge is 0.340 e. The van der Waals surface area contributed by atoms with Crippen LogP contribution in [-0.4, -0.2) is 74.7 Å². The van der Waals surface area contributed by atoms with Gasteiger partial charge in [0.05, 0.1) is 10.8 Å². The van der Waals surface area contributed by atoms with Crippen LogP contribution < -0.4 is 0 Å². The molecule has 1 amide bonds. The first kappa shape index (κ1) is 17.8. The molecule has 0 aromatic heterocycles. The van der Waals surface area contributed by atoms with Gasteiger partial charge in [0, 0.05) is 43.7 Å². The predicted molar refractivity (Wildman–Crippen MR) is 95.1 cm³/mol. The van der Waals surface area contributed by atoms with Gasteiger partial charge < -0.3 is 9.80 Å². The minimum atomic E-state index is -3.57. The normalized spacial score (nSPS) is 23.6. The lowest BCUT2D eigenvalue weighted by Gasteiger charge is -2.34. The second kappa shape index (κ2) is 7.11. The molecule has 2 aliphatic rings. The summed E-state index contributed by atoms with van der Waals surface area (Å²) < 4.78 is 27.6. The Labute approximate surface area is 151 Å². The second-order valence-electron chi connectivity index (χ2n) is 6.41. The number of hydrogen-bond donors (Lipinski definition) is 0. The molecule has 1 aromatic carbocycles. The quantitative estimate of drug-likeness (QED) is 0.744. The number of carbonyl (C=O) groups is 1. The Morgan fingerprint density at radius 2 is 1.79 bits per heavy atom. The molecular formula is C16H22BrN3O3S. The number of halogens is 1. The monoisotopic (exact) mass is 415 g/mol. The van der Waals surface area contributed by atoms with Crippen molar-refractivity contribution in [1.82, 2.24) is 14.1 Å². The highest BCUT2D eigenvalue weighted by Crippen LogP contribution is 2.29. The van der Waals surface area contributed by atoms with Crippen LogP contribution in [0.1, 0.15) is 6.42 Å². The van der Waals surface area contributed by atoms with Crippen molar-refractivity contribution < 1.29 is 13.2 Å². The summed E-state index contributed by atoms with van der Waals surface area (Å²) >= 11 is 3.31. The van der Waals surface area contributed by atoms with Crippen LogP contribution in [0.25, 0.3) is 0 Å². The Balaban J connectivity index is 1.69. The molecule has 2 aliphatic heterocycles. The van der Waals surface area contributed by atoms with Crippen LogP contribution in [0, 0.1) is 5.92 Å². The van der Waals surface area contributed by atoms with Crippen LogP contribution in [-0.2, 0) is 14.8 Å². The summed E-state index contributed by atoms with van der Waals surface area (Å²) in [6.07, 6.45) is 0.592. The van der Waals surface area contributed by atoms with E-state index in [9.17, 15) is 13.2 Å². The Hall–Kier alpha value is -0.960. The Morgan fingerprint density at radius 3 is 2.46 bits per heavy atom. The van der Waals surface area contributed by atoms with E-state index in [2.05, 4.69) is 20.8 Å². The molecule has 0 saturated carbocycles. The Morgan fingerprint density at radius 1 is 1.12 bits per heavy atom. The third kappa shape index (κ3) is 3.51. The lowest BCUT2D eigenvalue weighted by atomic mass is 10.1. The molecule has 0 bridgehead atoms. The molecule has 6 nitrogen and oxygen atoms in total. The van der Waals surface area contributed by atoms with Crippen molar-refractivity contribution in [3.63, 3.8) is 0 Å². The van der Waals surface area contributed by atoms with E-state index in [-0.39, 0.29) is 23.3 Å². The topological polar surface area (TPSA) is 60.9 Å². The number of piperazine rings is 1. The van der Waals surface area contributed by atoms with Crippen LogP contribution in [0.4, 0.5) is 0 Å². The van der Waals surface area contributed by atoms with Gasteiger partial charge in [-0.15, -0.1) is 0 Å². The van der Waals surface area contributed by atoms with Gasteiger partial charge in [0.1, 0.15) is 0 Å². The van der Waals surface area contributed by atoms with E-state index in [0.29, 0.717) is 17.4 Å². The highest BCUT2D eigenvalue weighted by Gasteiger charge is 2.38. The van der Waals surface area contributed by atoms with Crippen molar-refractivity contribution in [1.29, 1.82) is 0 Å². The highest BCUT2D eigenvalue weighted by molar-refractivity contribution is 9.10. The smallest absolute Gasteiger partial charge is 0.244 e. The van der Waals surface area contributed by atoms with E-state index >= 15 is 0 Å². The second-order valence-corrected chi connectivity index (χ2v) is 9.17. The van der Waals surface area contributed by atoms with Crippen LogP contribution in [0.2, 0.25) is 0 Å². The minimum Gasteiger partial charge on any atom is -0.340 e. The van der Waals surface area contributed by atoms with E-state index in [1.807, 2.05) is 11.9 Å². The SMILES string of the molecule is CN1CCN(C(=O)C2CCN(S(=O)(=O)c3ccccc3Br)C2)CC1. The first-order valence-electron chi connectivity index (χ1n) is 8.11. The number of hydrogen-bond acceptors (Lipinski definition) is 4. The molecule has 2 saturated heterocycles. The summed E-state index contributed by atoms with van der Waals surface area (Å²) in [5.74, 6) is -0.140. The molecule has 1 atom stereocenters. The zero-order valence-electron chi connectivity index (χ0n) is 13.7. The van der Waals surface area contributed by atoms with E-state index in [4.69, 9.17) is 0 Å². The zero-order chi connectivity index (χ0) is 17.3. The fourth-order valence-electron chi connectivity index (χ4n) is 3.23. The van der Waals surface area contributed by atoms with Gasteiger partial charge in [-0.1, -0.05) is 12.1 Å². The maximum absolute atomic E-state index is 12.8. The van der Waals surface area contributed by atoms with E-state index in [1.54, 1.807) is 24.3 Å². The maximum atomic E-state index is 12.8. The first-order chi connectivity index (χ1) is 11.4. The number of rotatable bonds is 3. The third-order valence-corrected chi connectivity index (χ3v) is 7.65. The van der Waals surface area contributed by atoms with Crippen molar-refractivity contribution in [2.24, 2.45) is 5.92 Å². The molecule has 24 heavy (non-hydrogen) atoms. The molecule has 3 rings (SSSR count). The molecule has 1 aromatic rings. The fraction of sp³-hybridized carbons (Fsp3) is 0.562. The number of benzene rings is 1. The van der Waals surface area contributed by atoms with Crippen molar-refractivity contribution in [3.8, 4) is 0 Å². The summed E-state index contributed by atoms with van der Waals surface area (Å²) in [5, 5.41) is 0. The van der Waals surface area contributed by atoms with Crippen LogP contribution >= 0.6 is 15.9 Å². The average molecular weight is 416 g/mol. The molecule has 132 valence electrons. The highest BCUT2D eigenvalue weighted by atomic mass is 79.9. The van der Waals surface area contributed by atoms with Crippen LogP contribution in [0.15, 0.2) is 33.6 Å². The summed E-state index contributed by atoms with van der Waals surface area (Å²) in [6, 6.07) is 6.80. The van der Waals surface area contributed by atoms with Gasteiger partial charge in [-0.25, -0.2) is 8.42 Å². The first-order valence-corrected chi connectivity index (χ1v) is 10.3.